The van der Waals surface area contributed by atoms with Gasteiger partial charge in [-0.1, -0.05) is 18.5 Å². The van der Waals surface area contributed by atoms with Gasteiger partial charge in [-0.3, -0.25) is 9.78 Å². The first-order valence-corrected chi connectivity index (χ1v) is 9.18. The minimum absolute atomic E-state index is 0.127. The third-order valence-electron chi connectivity index (χ3n) is 4.35. The van der Waals surface area contributed by atoms with Crippen LogP contribution in [0.2, 0.25) is 0 Å². The van der Waals surface area contributed by atoms with E-state index in [9.17, 15) is 4.79 Å². The lowest BCUT2D eigenvalue weighted by Crippen LogP contribution is -2.14. The molecule has 0 atom stereocenters. The molecular weight excluding hydrogens is 360 g/mol. The van der Waals surface area contributed by atoms with Crippen molar-refractivity contribution in [2.24, 2.45) is 0 Å². The van der Waals surface area contributed by atoms with Crippen LogP contribution in [0.25, 0.3) is 11.4 Å². The van der Waals surface area contributed by atoms with Crippen molar-refractivity contribution >= 4 is 11.6 Å². The number of nitrogens with zero attached hydrogens (tertiary/aromatic N) is 3. The summed E-state index contributed by atoms with van der Waals surface area (Å²) in [5.74, 6) is 2.11. The molecule has 0 aliphatic carbocycles. The number of carbonyl (C=O) groups is 1. The second-order valence-electron chi connectivity index (χ2n) is 6.41. The van der Waals surface area contributed by atoms with E-state index in [0.29, 0.717) is 23.9 Å². The smallest absolute Gasteiger partial charge is 0.231 e. The highest BCUT2D eigenvalue weighted by Gasteiger charge is 2.18. The first-order chi connectivity index (χ1) is 13.7. The van der Waals surface area contributed by atoms with Crippen LogP contribution in [0.4, 0.5) is 5.69 Å². The fourth-order valence-corrected chi connectivity index (χ4v) is 2.98. The van der Waals surface area contributed by atoms with E-state index in [0.717, 1.165) is 35.4 Å². The molecule has 8 nitrogen and oxygen atoms in total. The Hall–Kier alpha value is -3.42. The summed E-state index contributed by atoms with van der Waals surface area (Å²) in [5, 5.41) is 6.90. The van der Waals surface area contributed by atoms with E-state index in [1.54, 1.807) is 18.5 Å². The maximum atomic E-state index is 12.4. The number of ether oxygens (including phenoxy) is 2. The number of carbonyl (C=O) groups excluding carboxylic acids is 1. The molecule has 0 unspecified atom stereocenters. The van der Waals surface area contributed by atoms with Crippen LogP contribution < -0.4 is 14.8 Å². The Morgan fingerprint density at radius 1 is 1.21 bits per heavy atom. The third kappa shape index (κ3) is 3.95. The van der Waals surface area contributed by atoms with Crippen LogP contribution in [0.1, 0.15) is 31.2 Å². The Morgan fingerprint density at radius 2 is 2.07 bits per heavy atom. The Morgan fingerprint density at radius 3 is 2.86 bits per heavy atom. The number of hydrogen-bond acceptors (Lipinski definition) is 7. The summed E-state index contributed by atoms with van der Waals surface area (Å²) in [6.07, 6.45) is 5.72. The van der Waals surface area contributed by atoms with Gasteiger partial charge in [0.1, 0.15) is 0 Å². The van der Waals surface area contributed by atoms with Crippen LogP contribution in [0.3, 0.4) is 0 Å². The van der Waals surface area contributed by atoms with Crippen molar-refractivity contribution in [3.8, 4) is 22.9 Å². The molecule has 1 aliphatic heterocycles. The molecule has 0 saturated carbocycles. The van der Waals surface area contributed by atoms with Crippen molar-refractivity contribution in [1.29, 1.82) is 0 Å². The molecule has 28 heavy (non-hydrogen) atoms. The van der Waals surface area contributed by atoms with Gasteiger partial charge in [-0.05, 0) is 30.2 Å². The Kier molecular flexibility index (Phi) is 5.18. The Balaban J connectivity index is 1.39. The maximum absolute atomic E-state index is 12.4. The van der Waals surface area contributed by atoms with Gasteiger partial charge in [-0.25, -0.2) is 0 Å². The standard InChI is InChI=1S/C20H20N4O4/c1-2-4-13-9-16-17(27-12-26-16)10-15(13)22-18(25)6-7-19-23-20(24-28-19)14-5-3-8-21-11-14/h3,5,8-11H,2,4,6-7,12H2,1H3,(H,22,25). The second-order valence-corrected chi connectivity index (χ2v) is 6.41. The lowest BCUT2D eigenvalue weighted by molar-refractivity contribution is -0.116. The molecule has 8 heteroatoms. The predicted molar refractivity (Wildman–Crippen MR) is 101 cm³/mol. The average Bonchev–Trinajstić information content (AvgIpc) is 3.36. The molecule has 1 amide bonds. The van der Waals surface area contributed by atoms with E-state index in [2.05, 4.69) is 27.4 Å². The minimum Gasteiger partial charge on any atom is -0.454 e. The van der Waals surface area contributed by atoms with Crippen LogP contribution in [-0.4, -0.2) is 27.8 Å². The highest BCUT2D eigenvalue weighted by atomic mass is 16.7. The molecule has 3 heterocycles. The molecule has 1 N–H and O–H groups in total. The number of aromatic nitrogens is 3. The van der Waals surface area contributed by atoms with E-state index in [1.807, 2.05) is 18.2 Å². The molecular formula is C20H20N4O4. The van der Waals surface area contributed by atoms with Gasteiger partial charge in [-0.15, -0.1) is 0 Å². The Labute approximate surface area is 161 Å². The van der Waals surface area contributed by atoms with Gasteiger partial charge in [0, 0.05) is 42.6 Å². The van der Waals surface area contributed by atoms with Gasteiger partial charge in [-0.2, -0.15) is 4.98 Å². The van der Waals surface area contributed by atoms with Gasteiger partial charge < -0.3 is 19.3 Å². The van der Waals surface area contributed by atoms with Crippen LogP contribution in [0.5, 0.6) is 11.5 Å². The zero-order valence-electron chi connectivity index (χ0n) is 15.5. The molecule has 4 rings (SSSR count). The molecule has 0 saturated heterocycles. The Bertz CT molecular complexity index is 972. The topological polar surface area (TPSA) is 99.4 Å². The first-order valence-electron chi connectivity index (χ1n) is 9.18. The van der Waals surface area contributed by atoms with Crippen LogP contribution in [0.15, 0.2) is 41.2 Å². The molecule has 2 aromatic heterocycles. The fourth-order valence-electron chi connectivity index (χ4n) is 2.98. The fraction of sp³-hybridized carbons (Fsp3) is 0.300. The summed E-state index contributed by atoms with van der Waals surface area (Å²) in [6, 6.07) is 7.40. The van der Waals surface area contributed by atoms with Crippen molar-refractivity contribution < 1.29 is 18.8 Å². The summed E-state index contributed by atoms with van der Waals surface area (Å²) in [4.78, 5) is 20.8. The molecule has 144 valence electrons. The lowest BCUT2D eigenvalue weighted by Gasteiger charge is -2.11. The number of fused-ring (bicyclic) bond motifs is 1. The largest absolute Gasteiger partial charge is 0.454 e. The van der Waals surface area contributed by atoms with Gasteiger partial charge in [0.15, 0.2) is 11.5 Å². The lowest BCUT2D eigenvalue weighted by atomic mass is 10.1. The van der Waals surface area contributed by atoms with Crippen molar-refractivity contribution in [2.45, 2.75) is 32.6 Å². The molecule has 1 aliphatic rings. The normalized spacial score (nSPS) is 12.2. The van der Waals surface area contributed by atoms with Gasteiger partial charge >= 0.3 is 0 Å². The number of nitrogens with one attached hydrogen (secondary N) is 1. The van der Waals surface area contributed by atoms with E-state index in [1.165, 1.54) is 0 Å². The highest BCUT2D eigenvalue weighted by molar-refractivity contribution is 5.92. The molecule has 0 fully saturated rings. The number of amides is 1. The van der Waals surface area contributed by atoms with E-state index < -0.39 is 0 Å². The SMILES string of the molecule is CCCc1cc2c(cc1NC(=O)CCc1nc(-c3cccnc3)no1)OCO2. The minimum atomic E-state index is -0.127. The number of aryl methyl sites for hydroxylation is 2. The highest BCUT2D eigenvalue weighted by Crippen LogP contribution is 2.37. The third-order valence-corrected chi connectivity index (χ3v) is 4.35. The van der Waals surface area contributed by atoms with E-state index >= 15 is 0 Å². The number of hydrogen-bond donors (Lipinski definition) is 1. The van der Waals surface area contributed by atoms with Crippen molar-refractivity contribution in [1.82, 2.24) is 15.1 Å². The molecule has 3 aromatic rings. The van der Waals surface area contributed by atoms with Crippen LogP contribution in [0, 0.1) is 0 Å². The van der Waals surface area contributed by atoms with E-state index in [4.69, 9.17) is 14.0 Å². The zero-order chi connectivity index (χ0) is 19.3. The number of benzene rings is 1. The average molecular weight is 380 g/mol. The number of rotatable bonds is 7. The van der Waals surface area contributed by atoms with Crippen molar-refractivity contribution in [3.63, 3.8) is 0 Å². The summed E-state index contributed by atoms with van der Waals surface area (Å²) in [6.45, 7) is 2.29. The van der Waals surface area contributed by atoms with Crippen molar-refractivity contribution in [3.05, 3.63) is 48.1 Å². The maximum Gasteiger partial charge on any atom is 0.231 e. The molecule has 0 radical (unpaired) electrons. The monoisotopic (exact) mass is 380 g/mol. The van der Waals surface area contributed by atoms with Crippen LogP contribution >= 0.6 is 0 Å². The molecule has 0 bridgehead atoms. The predicted octanol–water partition coefficient (Wildman–Crippen LogP) is 3.38. The second kappa shape index (κ2) is 8.08. The number of pyridine rings is 1. The van der Waals surface area contributed by atoms with E-state index in [-0.39, 0.29) is 19.1 Å². The first kappa shape index (κ1) is 18.0. The molecule has 0 spiro atoms. The summed E-state index contributed by atoms with van der Waals surface area (Å²) >= 11 is 0. The van der Waals surface area contributed by atoms with Crippen molar-refractivity contribution in [2.75, 3.05) is 12.1 Å². The quantitative estimate of drug-likeness (QED) is 0.671. The van der Waals surface area contributed by atoms with Gasteiger partial charge in [0.2, 0.25) is 24.4 Å². The summed E-state index contributed by atoms with van der Waals surface area (Å²) in [5.41, 5.74) is 2.54. The zero-order valence-corrected chi connectivity index (χ0v) is 15.5. The summed E-state index contributed by atoms with van der Waals surface area (Å²) < 4.78 is 16.1. The summed E-state index contributed by atoms with van der Waals surface area (Å²) in [7, 11) is 0. The van der Waals surface area contributed by atoms with Gasteiger partial charge in [0.25, 0.3) is 0 Å². The number of anilines is 1. The van der Waals surface area contributed by atoms with Gasteiger partial charge in [0.05, 0.1) is 0 Å². The molecule has 1 aromatic carbocycles. The van der Waals surface area contributed by atoms with Crippen LogP contribution in [-0.2, 0) is 17.6 Å².